The standard InChI is InChI=1S/C15H34N2/c1-6-8-9-10-15(4,5)12-17-11-14(16)13(3)7-2/h13-14,17H,6-12,16H2,1-5H3. The largest absolute Gasteiger partial charge is 0.326 e. The zero-order chi connectivity index (χ0) is 13.3. The van der Waals surface area contributed by atoms with Gasteiger partial charge in [-0.2, -0.15) is 0 Å². The summed E-state index contributed by atoms with van der Waals surface area (Å²) in [6.45, 7) is 13.4. The van der Waals surface area contributed by atoms with E-state index in [1.807, 2.05) is 0 Å². The van der Waals surface area contributed by atoms with Gasteiger partial charge in [0.1, 0.15) is 0 Å². The minimum absolute atomic E-state index is 0.298. The Morgan fingerprint density at radius 3 is 2.35 bits per heavy atom. The molecule has 0 saturated heterocycles. The topological polar surface area (TPSA) is 38.0 Å². The Morgan fingerprint density at radius 2 is 1.82 bits per heavy atom. The summed E-state index contributed by atoms with van der Waals surface area (Å²) < 4.78 is 0. The number of rotatable bonds is 10. The molecule has 0 bridgehead atoms. The molecule has 0 aliphatic rings. The van der Waals surface area contributed by atoms with Gasteiger partial charge in [0, 0.05) is 19.1 Å². The molecule has 0 amide bonds. The van der Waals surface area contributed by atoms with E-state index in [0.717, 1.165) is 13.1 Å². The molecule has 0 spiro atoms. The third-order valence-corrected chi connectivity index (χ3v) is 3.82. The van der Waals surface area contributed by atoms with Gasteiger partial charge in [-0.25, -0.2) is 0 Å². The van der Waals surface area contributed by atoms with Crippen molar-refractivity contribution in [1.82, 2.24) is 5.32 Å². The average molecular weight is 242 g/mol. The van der Waals surface area contributed by atoms with E-state index in [1.54, 1.807) is 0 Å². The van der Waals surface area contributed by atoms with Gasteiger partial charge in [-0.1, -0.05) is 60.3 Å². The van der Waals surface area contributed by atoms with Crippen molar-refractivity contribution < 1.29 is 0 Å². The van der Waals surface area contributed by atoms with E-state index in [0.29, 0.717) is 17.4 Å². The first-order valence-electron chi connectivity index (χ1n) is 7.39. The first-order chi connectivity index (χ1) is 7.93. The molecule has 0 aliphatic heterocycles. The minimum atomic E-state index is 0.298. The van der Waals surface area contributed by atoms with Crippen LogP contribution in [0.3, 0.4) is 0 Å². The normalized spacial score (nSPS) is 15.9. The maximum atomic E-state index is 6.12. The van der Waals surface area contributed by atoms with Crippen LogP contribution in [-0.4, -0.2) is 19.1 Å². The van der Waals surface area contributed by atoms with Crippen LogP contribution in [0.2, 0.25) is 0 Å². The summed E-state index contributed by atoms with van der Waals surface area (Å²) in [7, 11) is 0. The number of nitrogens with one attached hydrogen (secondary N) is 1. The molecule has 0 fully saturated rings. The average Bonchev–Trinajstić information content (AvgIpc) is 2.27. The highest BCUT2D eigenvalue weighted by molar-refractivity contribution is 4.75. The van der Waals surface area contributed by atoms with Crippen molar-refractivity contribution in [3.8, 4) is 0 Å². The van der Waals surface area contributed by atoms with Crippen molar-refractivity contribution in [3.63, 3.8) is 0 Å². The molecule has 3 N–H and O–H groups in total. The summed E-state index contributed by atoms with van der Waals surface area (Å²) in [4.78, 5) is 0. The highest BCUT2D eigenvalue weighted by Crippen LogP contribution is 2.22. The van der Waals surface area contributed by atoms with Gasteiger partial charge in [0.05, 0.1) is 0 Å². The van der Waals surface area contributed by atoms with Crippen molar-refractivity contribution in [2.24, 2.45) is 17.1 Å². The van der Waals surface area contributed by atoms with E-state index in [4.69, 9.17) is 5.73 Å². The highest BCUT2D eigenvalue weighted by atomic mass is 14.9. The SMILES string of the molecule is CCCCCC(C)(C)CNCC(N)C(C)CC. The lowest BCUT2D eigenvalue weighted by Crippen LogP contribution is -2.41. The highest BCUT2D eigenvalue weighted by Gasteiger charge is 2.18. The Bertz CT molecular complexity index is 178. The van der Waals surface area contributed by atoms with E-state index in [-0.39, 0.29) is 0 Å². The number of hydrogen-bond donors (Lipinski definition) is 2. The van der Waals surface area contributed by atoms with E-state index < -0.39 is 0 Å². The van der Waals surface area contributed by atoms with Crippen LogP contribution in [0.25, 0.3) is 0 Å². The summed E-state index contributed by atoms with van der Waals surface area (Å²) in [5.41, 5.74) is 6.52. The maximum absolute atomic E-state index is 6.12. The third-order valence-electron chi connectivity index (χ3n) is 3.82. The summed E-state index contributed by atoms with van der Waals surface area (Å²) in [6.07, 6.45) is 6.50. The van der Waals surface area contributed by atoms with Crippen LogP contribution in [0, 0.1) is 11.3 Å². The quantitative estimate of drug-likeness (QED) is 0.575. The second kappa shape index (κ2) is 8.93. The molecule has 0 rings (SSSR count). The summed E-state index contributed by atoms with van der Waals surface area (Å²) >= 11 is 0. The molecular weight excluding hydrogens is 208 g/mol. The van der Waals surface area contributed by atoms with Gasteiger partial charge < -0.3 is 11.1 Å². The first-order valence-corrected chi connectivity index (χ1v) is 7.39. The Kier molecular flexibility index (Phi) is 8.89. The van der Waals surface area contributed by atoms with Crippen LogP contribution >= 0.6 is 0 Å². The molecule has 104 valence electrons. The zero-order valence-electron chi connectivity index (χ0n) is 12.7. The third kappa shape index (κ3) is 8.62. The van der Waals surface area contributed by atoms with Crippen LogP contribution in [0.4, 0.5) is 0 Å². The number of nitrogens with two attached hydrogens (primary N) is 1. The van der Waals surface area contributed by atoms with Crippen molar-refractivity contribution in [1.29, 1.82) is 0 Å². The fourth-order valence-corrected chi connectivity index (χ4v) is 2.02. The van der Waals surface area contributed by atoms with Gasteiger partial charge in [-0.3, -0.25) is 0 Å². The van der Waals surface area contributed by atoms with Crippen LogP contribution in [0.5, 0.6) is 0 Å². The van der Waals surface area contributed by atoms with Crippen molar-refractivity contribution in [2.45, 2.75) is 72.8 Å². The lowest BCUT2D eigenvalue weighted by Gasteiger charge is -2.27. The molecular formula is C15H34N2. The lowest BCUT2D eigenvalue weighted by atomic mass is 9.86. The van der Waals surface area contributed by atoms with Crippen LogP contribution in [0.1, 0.15) is 66.7 Å². The Morgan fingerprint density at radius 1 is 1.18 bits per heavy atom. The second-order valence-electron chi connectivity index (χ2n) is 6.30. The fourth-order valence-electron chi connectivity index (χ4n) is 2.02. The summed E-state index contributed by atoms with van der Waals surface area (Å²) in [6, 6.07) is 0.298. The van der Waals surface area contributed by atoms with E-state index in [2.05, 4.69) is 39.9 Å². The molecule has 0 aromatic rings. The molecule has 2 heteroatoms. The molecule has 0 heterocycles. The van der Waals surface area contributed by atoms with Crippen LogP contribution < -0.4 is 11.1 Å². The first kappa shape index (κ1) is 16.9. The fraction of sp³-hybridized carbons (Fsp3) is 1.00. The molecule has 0 saturated carbocycles. The number of hydrogen-bond acceptors (Lipinski definition) is 2. The van der Waals surface area contributed by atoms with Gasteiger partial charge in [0.25, 0.3) is 0 Å². The van der Waals surface area contributed by atoms with Gasteiger partial charge in [0.15, 0.2) is 0 Å². The predicted octanol–water partition coefficient (Wildman–Crippen LogP) is 3.56. The molecule has 2 unspecified atom stereocenters. The Balaban J connectivity index is 3.70. The van der Waals surface area contributed by atoms with Gasteiger partial charge in [-0.15, -0.1) is 0 Å². The van der Waals surface area contributed by atoms with Crippen LogP contribution in [0.15, 0.2) is 0 Å². The summed E-state index contributed by atoms with van der Waals surface area (Å²) in [5.74, 6) is 0.616. The van der Waals surface area contributed by atoms with E-state index in [9.17, 15) is 0 Å². The molecule has 0 radical (unpaired) electrons. The molecule has 0 aromatic carbocycles. The number of unbranched alkanes of at least 4 members (excludes halogenated alkanes) is 2. The Labute approximate surface area is 109 Å². The molecule has 17 heavy (non-hydrogen) atoms. The van der Waals surface area contributed by atoms with Gasteiger partial charge in [0.2, 0.25) is 0 Å². The molecule has 0 aliphatic carbocycles. The molecule has 2 nitrogen and oxygen atoms in total. The minimum Gasteiger partial charge on any atom is -0.326 e. The molecule has 2 atom stereocenters. The van der Waals surface area contributed by atoms with Gasteiger partial charge >= 0.3 is 0 Å². The lowest BCUT2D eigenvalue weighted by molar-refractivity contribution is 0.292. The smallest absolute Gasteiger partial charge is 0.0191 e. The second-order valence-corrected chi connectivity index (χ2v) is 6.30. The molecule has 0 aromatic heterocycles. The van der Waals surface area contributed by atoms with Crippen molar-refractivity contribution in [3.05, 3.63) is 0 Å². The predicted molar refractivity (Wildman–Crippen MR) is 78.2 cm³/mol. The summed E-state index contributed by atoms with van der Waals surface area (Å²) in [5, 5.41) is 3.54. The maximum Gasteiger partial charge on any atom is 0.0191 e. The van der Waals surface area contributed by atoms with Crippen molar-refractivity contribution >= 4 is 0 Å². The van der Waals surface area contributed by atoms with Gasteiger partial charge in [-0.05, 0) is 17.8 Å². The van der Waals surface area contributed by atoms with Crippen molar-refractivity contribution in [2.75, 3.05) is 13.1 Å². The van der Waals surface area contributed by atoms with E-state index >= 15 is 0 Å². The monoisotopic (exact) mass is 242 g/mol. The van der Waals surface area contributed by atoms with E-state index in [1.165, 1.54) is 32.1 Å². The Hall–Kier alpha value is -0.0800. The van der Waals surface area contributed by atoms with Crippen LogP contribution in [-0.2, 0) is 0 Å². The zero-order valence-corrected chi connectivity index (χ0v) is 12.7.